The Kier molecular flexibility index (Phi) is 4.22. The molecule has 2 aliphatic rings. The van der Waals surface area contributed by atoms with E-state index in [-0.39, 0.29) is 18.1 Å². The van der Waals surface area contributed by atoms with Crippen LogP contribution in [0.4, 0.5) is 13.2 Å². The average molecular weight is 381 g/mol. The summed E-state index contributed by atoms with van der Waals surface area (Å²) in [6, 6.07) is 9.97. The first kappa shape index (κ1) is 17.1. The van der Waals surface area contributed by atoms with Crippen LogP contribution in [0.3, 0.4) is 0 Å². The fourth-order valence-electron chi connectivity index (χ4n) is 2.99. The largest absolute Gasteiger partial charge is 0.454 e. The fraction of sp³-hybridized carbons (Fsp3) is 0.278. The number of rotatable bonds is 2. The summed E-state index contributed by atoms with van der Waals surface area (Å²) in [6.45, 7) is 0.657. The molecular formula is C18H14F3NO3S. The van der Waals surface area contributed by atoms with E-state index in [9.17, 15) is 18.0 Å². The highest BCUT2D eigenvalue weighted by molar-refractivity contribution is 7.99. The third-order valence-corrected chi connectivity index (χ3v) is 5.56. The van der Waals surface area contributed by atoms with Crippen molar-refractivity contribution in [2.24, 2.45) is 0 Å². The predicted octanol–water partition coefficient (Wildman–Crippen LogP) is 4.32. The summed E-state index contributed by atoms with van der Waals surface area (Å²) >= 11 is 1.53. The zero-order chi connectivity index (χ0) is 18.3. The molecule has 8 heteroatoms. The molecule has 1 amide bonds. The molecule has 0 saturated carbocycles. The van der Waals surface area contributed by atoms with E-state index in [1.54, 1.807) is 23.1 Å². The minimum Gasteiger partial charge on any atom is -0.454 e. The number of alkyl halides is 3. The van der Waals surface area contributed by atoms with Crippen LogP contribution in [0.25, 0.3) is 0 Å². The molecule has 2 aromatic rings. The van der Waals surface area contributed by atoms with Crippen LogP contribution in [-0.2, 0) is 6.18 Å². The predicted molar refractivity (Wildman–Crippen MR) is 90.2 cm³/mol. The van der Waals surface area contributed by atoms with Gasteiger partial charge in [-0.2, -0.15) is 13.2 Å². The normalized spacial score (nSPS) is 19.0. The van der Waals surface area contributed by atoms with E-state index in [4.69, 9.17) is 9.47 Å². The topological polar surface area (TPSA) is 38.8 Å². The lowest BCUT2D eigenvalue weighted by atomic mass is 10.1. The van der Waals surface area contributed by atoms with E-state index >= 15 is 0 Å². The van der Waals surface area contributed by atoms with E-state index < -0.39 is 11.7 Å². The number of amides is 1. The molecule has 0 spiro atoms. The first-order chi connectivity index (χ1) is 12.4. The number of hydrogen-bond acceptors (Lipinski definition) is 4. The zero-order valence-electron chi connectivity index (χ0n) is 13.5. The van der Waals surface area contributed by atoms with Gasteiger partial charge in [0.1, 0.15) is 5.37 Å². The SMILES string of the molecule is O=C(c1ccc2c(c1)OCO2)N1CCSC1c1ccc(C(F)(F)F)cc1. The van der Waals surface area contributed by atoms with Crippen molar-refractivity contribution in [2.45, 2.75) is 11.6 Å². The van der Waals surface area contributed by atoms with Gasteiger partial charge in [0.25, 0.3) is 5.91 Å². The van der Waals surface area contributed by atoms with Crippen LogP contribution in [0.1, 0.15) is 26.9 Å². The summed E-state index contributed by atoms with van der Waals surface area (Å²) in [5.41, 5.74) is 0.446. The van der Waals surface area contributed by atoms with Crippen LogP contribution < -0.4 is 9.47 Å². The summed E-state index contributed by atoms with van der Waals surface area (Å²) in [4.78, 5) is 14.6. The van der Waals surface area contributed by atoms with Gasteiger partial charge in [-0.05, 0) is 35.9 Å². The first-order valence-electron chi connectivity index (χ1n) is 7.93. The number of hydrogen-bond donors (Lipinski definition) is 0. The third-order valence-electron chi connectivity index (χ3n) is 4.29. The van der Waals surface area contributed by atoms with Crippen molar-refractivity contribution in [1.29, 1.82) is 0 Å². The Morgan fingerprint density at radius 3 is 2.54 bits per heavy atom. The second kappa shape index (κ2) is 6.42. The molecule has 0 aromatic heterocycles. The first-order valence-corrected chi connectivity index (χ1v) is 8.98. The number of benzene rings is 2. The highest BCUT2D eigenvalue weighted by Gasteiger charge is 2.34. The van der Waals surface area contributed by atoms with E-state index in [0.29, 0.717) is 29.2 Å². The van der Waals surface area contributed by atoms with Crippen LogP contribution in [0.2, 0.25) is 0 Å². The van der Waals surface area contributed by atoms with Gasteiger partial charge in [0.2, 0.25) is 6.79 Å². The standard InChI is InChI=1S/C18H14F3NO3S/c19-18(20,21)13-4-1-11(2-5-13)17-22(7-8-26-17)16(23)12-3-6-14-15(9-12)25-10-24-14/h1-6,9,17H,7-8,10H2. The Bertz CT molecular complexity index is 839. The Morgan fingerprint density at radius 1 is 1.08 bits per heavy atom. The molecule has 0 bridgehead atoms. The summed E-state index contributed by atoms with van der Waals surface area (Å²) in [6.07, 6.45) is -4.37. The zero-order valence-corrected chi connectivity index (χ0v) is 14.3. The Morgan fingerprint density at radius 2 is 1.81 bits per heavy atom. The van der Waals surface area contributed by atoms with Gasteiger partial charge in [0.05, 0.1) is 5.56 Å². The summed E-state index contributed by atoms with van der Waals surface area (Å²) in [5, 5.41) is -0.310. The molecule has 0 radical (unpaired) electrons. The Hall–Kier alpha value is -2.35. The van der Waals surface area contributed by atoms with Crippen molar-refractivity contribution in [3.8, 4) is 11.5 Å². The van der Waals surface area contributed by atoms with E-state index in [1.165, 1.54) is 23.9 Å². The van der Waals surface area contributed by atoms with Crippen molar-refractivity contribution in [2.75, 3.05) is 19.1 Å². The van der Waals surface area contributed by atoms with E-state index in [2.05, 4.69) is 0 Å². The molecule has 2 heterocycles. The number of ether oxygens (including phenoxy) is 2. The molecule has 1 fully saturated rings. The number of halogens is 3. The maximum atomic E-state index is 12.9. The molecule has 4 nitrogen and oxygen atoms in total. The molecule has 0 aliphatic carbocycles. The van der Waals surface area contributed by atoms with Gasteiger partial charge in [-0.1, -0.05) is 12.1 Å². The van der Waals surface area contributed by atoms with Gasteiger partial charge in [-0.15, -0.1) is 11.8 Å². The summed E-state index contributed by atoms with van der Waals surface area (Å²) in [7, 11) is 0. The third kappa shape index (κ3) is 3.09. The number of thioether (sulfide) groups is 1. The van der Waals surface area contributed by atoms with Gasteiger partial charge in [-0.3, -0.25) is 4.79 Å². The van der Waals surface area contributed by atoms with Crippen LogP contribution >= 0.6 is 11.8 Å². The van der Waals surface area contributed by atoms with Crippen molar-refractivity contribution >= 4 is 17.7 Å². The number of carbonyl (C=O) groups is 1. The van der Waals surface area contributed by atoms with Crippen LogP contribution in [0.15, 0.2) is 42.5 Å². The van der Waals surface area contributed by atoms with Crippen LogP contribution in [-0.4, -0.2) is 29.9 Å². The maximum absolute atomic E-state index is 12.9. The second-order valence-electron chi connectivity index (χ2n) is 5.91. The molecule has 1 atom stereocenters. The summed E-state index contributed by atoms with van der Waals surface area (Å²) in [5.74, 6) is 1.66. The molecule has 1 saturated heterocycles. The number of fused-ring (bicyclic) bond motifs is 1. The van der Waals surface area contributed by atoms with Gasteiger partial charge >= 0.3 is 6.18 Å². The molecule has 4 rings (SSSR count). The molecule has 2 aromatic carbocycles. The fourth-order valence-corrected chi connectivity index (χ4v) is 4.24. The molecule has 136 valence electrons. The second-order valence-corrected chi connectivity index (χ2v) is 7.10. The van der Waals surface area contributed by atoms with Gasteiger partial charge < -0.3 is 14.4 Å². The van der Waals surface area contributed by atoms with Crippen LogP contribution in [0.5, 0.6) is 11.5 Å². The number of nitrogens with zero attached hydrogens (tertiary/aromatic N) is 1. The minimum absolute atomic E-state index is 0.126. The lowest BCUT2D eigenvalue weighted by molar-refractivity contribution is -0.137. The van der Waals surface area contributed by atoms with E-state index in [0.717, 1.165) is 17.9 Å². The maximum Gasteiger partial charge on any atom is 0.416 e. The lowest BCUT2D eigenvalue weighted by Gasteiger charge is -2.24. The van der Waals surface area contributed by atoms with Gasteiger partial charge in [-0.25, -0.2) is 0 Å². The van der Waals surface area contributed by atoms with Crippen molar-refractivity contribution in [3.05, 3.63) is 59.2 Å². The molecule has 0 N–H and O–H groups in total. The van der Waals surface area contributed by atoms with Gasteiger partial charge in [0, 0.05) is 17.9 Å². The van der Waals surface area contributed by atoms with Crippen molar-refractivity contribution < 1.29 is 27.4 Å². The number of carbonyl (C=O) groups excluding carboxylic acids is 1. The highest BCUT2D eigenvalue weighted by Crippen LogP contribution is 2.41. The lowest BCUT2D eigenvalue weighted by Crippen LogP contribution is -2.30. The quantitative estimate of drug-likeness (QED) is 0.777. The molecule has 2 aliphatic heterocycles. The monoisotopic (exact) mass is 381 g/mol. The van der Waals surface area contributed by atoms with Crippen molar-refractivity contribution in [3.63, 3.8) is 0 Å². The Labute approximate surface area is 151 Å². The average Bonchev–Trinajstić information content (AvgIpc) is 3.29. The molecule has 1 unspecified atom stereocenters. The Balaban J connectivity index is 1.57. The highest BCUT2D eigenvalue weighted by atomic mass is 32.2. The van der Waals surface area contributed by atoms with Gasteiger partial charge in [0.15, 0.2) is 11.5 Å². The smallest absolute Gasteiger partial charge is 0.416 e. The molecular weight excluding hydrogens is 367 g/mol. The molecule has 26 heavy (non-hydrogen) atoms. The summed E-state index contributed by atoms with van der Waals surface area (Å²) < 4.78 is 48.8. The van der Waals surface area contributed by atoms with Crippen LogP contribution in [0, 0.1) is 0 Å². The minimum atomic E-state index is -4.37. The van der Waals surface area contributed by atoms with E-state index in [1.807, 2.05) is 0 Å². The van der Waals surface area contributed by atoms with Crippen molar-refractivity contribution in [1.82, 2.24) is 4.90 Å².